The number of piperazine rings is 1. The standard InChI is InChI=1S/C29H34N6O3S/c1-28(2,3)38-27(37)35-13-11-34(12-14-35)17-22-10-9-20(16-31-22)24-15-23-25(39-24)26(33-19-32-23)29(30,18-36)21-7-5-4-6-8-21/h4-10,15-16,19,36H,11-14,17-18,30H2,1-3H3/t29-/m0/s1. The number of thiophene rings is 1. The van der Waals surface area contributed by atoms with E-state index in [1.807, 2.05) is 69.4 Å². The van der Waals surface area contributed by atoms with E-state index < -0.39 is 11.1 Å². The molecule has 204 valence electrons. The van der Waals surface area contributed by atoms with E-state index in [9.17, 15) is 9.90 Å². The molecule has 0 unspecified atom stereocenters. The first-order chi connectivity index (χ1) is 18.7. The van der Waals surface area contributed by atoms with Crippen molar-refractivity contribution in [2.45, 2.75) is 38.5 Å². The zero-order valence-corrected chi connectivity index (χ0v) is 23.3. The van der Waals surface area contributed by atoms with Crippen molar-refractivity contribution in [1.82, 2.24) is 24.8 Å². The van der Waals surface area contributed by atoms with Crippen LogP contribution in [0.15, 0.2) is 61.1 Å². The fraction of sp³-hybridized carbons (Fsp3) is 0.379. The average Bonchev–Trinajstić information content (AvgIpc) is 3.37. The van der Waals surface area contributed by atoms with Gasteiger partial charge in [0.05, 0.1) is 28.2 Å². The Hall–Kier alpha value is -3.44. The zero-order chi connectivity index (χ0) is 27.6. The van der Waals surface area contributed by atoms with Crippen molar-refractivity contribution in [2.75, 3.05) is 32.8 Å². The summed E-state index contributed by atoms with van der Waals surface area (Å²) in [6.45, 7) is 8.90. The van der Waals surface area contributed by atoms with Crippen LogP contribution in [0.25, 0.3) is 20.7 Å². The number of nitrogens with zero attached hydrogens (tertiary/aromatic N) is 5. The van der Waals surface area contributed by atoms with Crippen molar-refractivity contribution >= 4 is 27.6 Å². The van der Waals surface area contributed by atoms with E-state index >= 15 is 0 Å². The Bertz CT molecular complexity index is 1430. The number of benzene rings is 1. The van der Waals surface area contributed by atoms with E-state index in [4.69, 9.17) is 15.5 Å². The second-order valence-corrected chi connectivity index (χ2v) is 11.9. The molecule has 1 amide bonds. The second-order valence-electron chi connectivity index (χ2n) is 10.8. The predicted octanol–water partition coefficient (Wildman–Crippen LogP) is 4.00. The summed E-state index contributed by atoms with van der Waals surface area (Å²) in [4.78, 5) is 31.1. The van der Waals surface area contributed by atoms with Crippen LogP contribution in [-0.2, 0) is 16.8 Å². The number of aliphatic hydroxyl groups is 1. The Labute approximate surface area is 232 Å². The van der Waals surface area contributed by atoms with Crippen LogP contribution in [0.5, 0.6) is 0 Å². The maximum atomic E-state index is 12.3. The zero-order valence-electron chi connectivity index (χ0n) is 22.5. The number of nitrogens with two attached hydrogens (primary N) is 1. The molecule has 0 aliphatic carbocycles. The lowest BCUT2D eigenvalue weighted by molar-refractivity contribution is 0.0138. The van der Waals surface area contributed by atoms with E-state index in [1.54, 1.807) is 16.2 Å². The van der Waals surface area contributed by atoms with Gasteiger partial charge in [0.2, 0.25) is 0 Å². The van der Waals surface area contributed by atoms with Crippen LogP contribution in [-0.4, -0.2) is 74.3 Å². The molecule has 3 aromatic heterocycles. The minimum atomic E-state index is -1.14. The number of carbonyl (C=O) groups excluding carboxylic acids is 1. The van der Waals surface area contributed by atoms with Gasteiger partial charge in [-0.25, -0.2) is 14.8 Å². The molecule has 3 N–H and O–H groups in total. The Morgan fingerprint density at radius 1 is 1.05 bits per heavy atom. The van der Waals surface area contributed by atoms with Crippen LogP contribution in [0, 0.1) is 0 Å². The van der Waals surface area contributed by atoms with Crippen molar-refractivity contribution in [2.24, 2.45) is 5.73 Å². The highest BCUT2D eigenvalue weighted by molar-refractivity contribution is 7.22. The first kappa shape index (κ1) is 27.1. The maximum absolute atomic E-state index is 12.3. The van der Waals surface area contributed by atoms with Gasteiger partial charge in [0.15, 0.2) is 0 Å². The molecule has 1 fully saturated rings. The Morgan fingerprint density at radius 3 is 2.44 bits per heavy atom. The van der Waals surface area contributed by atoms with Gasteiger partial charge in [-0.15, -0.1) is 11.3 Å². The molecule has 1 atom stereocenters. The number of carbonyl (C=O) groups is 1. The third kappa shape index (κ3) is 5.94. The number of hydrogen-bond acceptors (Lipinski definition) is 9. The monoisotopic (exact) mass is 546 g/mol. The summed E-state index contributed by atoms with van der Waals surface area (Å²) in [6.07, 6.45) is 3.12. The number of rotatable bonds is 6. The summed E-state index contributed by atoms with van der Waals surface area (Å²) >= 11 is 1.55. The van der Waals surface area contributed by atoms with Crippen LogP contribution in [0.1, 0.15) is 37.7 Å². The number of aromatic nitrogens is 3. The SMILES string of the molecule is CC(C)(C)OC(=O)N1CCN(Cc2ccc(-c3cc4ncnc([C@](N)(CO)c5ccccc5)c4s3)cn2)CC1. The molecule has 5 rings (SSSR count). The minimum Gasteiger partial charge on any atom is -0.444 e. The quantitative estimate of drug-likeness (QED) is 0.373. The normalized spacial score (nSPS) is 16.3. The molecule has 1 aliphatic rings. The largest absolute Gasteiger partial charge is 0.444 e. The third-order valence-electron chi connectivity index (χ3n) is 6.79. The number of hydrogen-bond donors (Lipinski definition) is 2. The lowest BCUT2D eigenvalue weighted by atomic mass is 9.88. The van der Waals surface area contributed by atoms with Gasteiger partial charge in [-0.05, 0) is 38.5 Å². The van der Waals surface area contributed by atoms with Gasteiger partial charge < -0.3 is 20.5 Å². The molecule has 9 nitrogen and oxygen atoms in total. The Morgan fingerprint density at radius 2 is 1.79 bits per heavy atom. The van der Waals surface area contributed by atoms with Crippen LogP contribution < -0.4 is 5.73 Å². The molecule has 1 aromatic carbocycles. The molecule has 1 aliphatic heterocycles. The van der Waals surface area contributed by atoms with Gasteiger partial charge in [-0.2, -0.15) is 0 Å². The molecular weight excluding hydrogens is 512 g/mol. The maximum Gasteiger partial charge on any atom is 0.410 e. The van der Waals surface area contributed by atoms with E-state index in [0.717, 1.165) is 45.0 Å². The molecule has 10 heteroatoms. The summed E-state index contributed by atoms with van der Waals surface area (Å²) in [5.74, 6) is 0. The van der Waals surface area contributed by atoms with Gasteiger partial charge in [-0.3, -0.25) is 9.88 Å². The first-order valence-electron chi connectivity index (χ1n) is 13.0. The lowest BCUT2D eigenvalue weighted by Crippen LogP contribution is -2.49. The van der Waals surface area contributed by atoms with Crippen LogP contribution in [0.3, 0.4) is 0 Å². The lowest BCUT2D eigenvalue weighted by Gasteiger charge is -2.35. The Balaban J connectivity index is 1.29. The number of fused-ring (bicyclic) bond motifs is 1. The molecule has 39 heavy (non-hydrogen) atoms. The van der Waals surface area contributed by atoms with Crippen molar-refractivity contribution in [3.63, 3.8) is 0 Å². The van der Waals surface area contributed by atoms with Gasteiger partial charge >= 0.3 is 6.09 Å². The van der Waals surface area contributed by atoms with Gasteiger partial charge in [0.1, 0.15) is 17.5 Å². The molecule has 0 bridgehead atoms. The van der Waals surface area contributed by atoms with Crippen molar-refractivity contribution in [3.8, 4) is 10.4 Å². The molecule has 0 radical (unpaired) electrons. The molecule has 0 saturated carbocycles. The van der Waals surface area contributed by atoms with Crippen LogP contribution in [0.4, 0.5) is 4.79 Å². The molecule has 0 spiro atoms. The smallest absolute Gasteiger partial charge is 0.410 e. The van der Waals surface area contributed by atoms with Crippen LogP contribution >= 0.6 is 11.3 Å². The molecule has 4 heterocycles. The molecular formula is C29H34N6O3S. The van der Waals surface area contributed by atoms with Crippen LogP contribution in [0.2, 0.25) is 0 Å². The highest BCUT2D eigenvalue weighted by Crippen LogP contribution is 2.38. The average molecular weight is 547 g/mol. The Kier molecular flexibility index (Phi) is 7.64. The summed E-state index contributed by atoms with van der Waals surface area (Å²) in [5.41, 5.74) is 9.24. The highest BCUT2D eigenvalue weighted by Gasteiger charge is 2.33. The first-order valence-corrected chi connectivity index (χ1v) is 13.8. The molecule has 4 aromatic rings. The number of amides is 1. The van der Waals surface area contributed by atoms with E-state index in [1.165, 1.54) is 6.33 Å². The van der Waals surface area contributed by atoms with E-state index in [0.29, 0.717) is 25.3 Å². The summed E-state index contributed by atoms with van der Waals surface area (Å²) in [7, 11) is 0. The van der Waals surface area contributed by atoms with Crippen molar-refractivity contribution < 1.29 is 14.6 Å². The summed E-state index contributed by atoms with van der Waals surface area (Å²) in [5, 5.41) is 10.3. The summed E-state index contributed by atoms with van der Waals surface area (Å²) < 4.78 is 6.34. The van der Waals surface area contributed by atoms with Crippen molar-refractivity contribution in [3.05, 3.63) is 78.0 Å². The third-order valence-corrected chi connectivity index (χ3v) is 7.97. The summed E-state index contributed by atoms with van der Waals surface area (Å²) in [6, 6.07) is 15.6. The highest BCUT2D eigenvalue weighted by atomic mass is 32.1. The van der Waals surface area contributed by atoms with E-state index in [2.05, 4.69) is 20.9 Å². The number of pyridine rings is 1. The fourth-order valence-corrected chi connectivity index (χ4v) is 5.84. The van der Waals surface area contributed by atoms with Gasteiger partial charge in [0.25, 0.3) is 0 Å². The minimum absolute atomic E-state index is 0.254. The van der Waals surface area contributed by atoms with Gasteiger partial charge in [0, 0.05) is 49.4 Å². The fourth-order valence-electron chi connectivity index (χ4n) is 4.66. The van der Waals surface area contributed by atoms with Crippen molar-refractivity contribution in [1.29, 1.82) is 0 Å². The molecule has 1 saturated heterocycles. The predicted molar refractivity (Wildman–Crippen MR) is 152 cm³/mol. The second kappa shape index (κ2) is 11.0. The topological polar surface area (TPSA) is 118 Å². The number of ether oxygens (including phenoxy) is 1. The van der Waals surface area contributed by atoms with E-state index in [-0.39, 0.29) is 12.7 Å². The van der Waals surface area contributed by atoms with Gasteiger partial charge in [-0.1, -0.05) is 36.4 Å². The number of aliphatic hydroxyl groups excluding tert-OH is 1.